The molecular weight excluding hydrogens is 348 g/mol. The van der Waals surface area contributed by atoms with Gasteiger partial charge >= 0.3 is 5.97 Å². The number of ether oxygens (including phenoxy) is 1. The Hall–Kier alpha value is -2.80. The number of hydrogen-bond donors (Lipinski definition) is 1. The van der Waals surface area contributed by atoms with Crippen molar-refractivity contribution in [3.8, 4) is 10.6 Å². The summed E-state index contributed by atoms with van der Waals surface area (Å²) in [6.07, 6.45) is 1.49. The summed E-state index contributed by atoms with van der Waals surface area (Å²) in [5.74, 6) is 0.606. The van der Waals surface area contributed by atoms with Gasteiger partial charge in [-0.15, -0.1) is 11.3 Å². The number of nitrogens with one attached hydrogen (secondary N) is 1. The van der Waals surface area contributed by atoms with Crippen LogP contribution in [0.4, 0.5) is 5.82 Å². The van der Waals surface area contributed by atoms with Gasteiger partial charge in [0.1, 0.15) is 22.2 Å². The van der Waals surface area contributed by atoms with Gasteiger partial charge in [0.15, 0.2) is 0 Å². The van der Waals surface area contributed by atoms with Crippen molar-refractivity contribution in [1.29, 1.82) is 0 Å². The Morgan fingerprint density at radius 3 is 2.81 bits per heavy atom. The van der Waals surface area contributed by atoms with E-state index < -0.39 is 5.97 Å². The van der Waals surface area contributed by atoms with E-state index in [0.717, 1.165) is 16.3 Å². The van der Waals surface area contributed by atoms with E-state index in [4.69, 9.17) is 4.74 Å². The number of aryl methyl sites for hydroxylation is 2. The standard InChI is InChI=1S/C19H20N4O2S/c1-4-25-19(24)16-10-20-13(3)22-17(16)21-9-14-11-26-18(23-14)15-8-6-5-7-12(15)2/h5-8,10-11H,4,9H2,1-3H3,(H,20,21,22). The van der Waals surface area contributed by atoms with Crippen molar-refractivity contribution in [3.05, 3.63) is 58.5 Å². The lowest BCUT2D eigenvalue weighted by molar-refractivity contribution is 0.0526. The highest BCUT2D eigenvalue weighted by atomic mass is 32.1. The second-order valence-electron chi connectivity index (χ2n) is 5.71. The van der Waals surface area contributed by atoms with E-state index in [0.29, 0.717) is 30.4 Å². The number of carbonyl (C=O) groups excluding carboxylic acids is 1. The first-order valence-electron chi connectivity index (χ1n) is 8.33. The summed E-state index contributed by atoms with van der Waals surface area (Å²) in [5, 5.41) is 6.16. The van der Waals surface area contributed by atoms with Gasteiger partial charge in [-0.3, -0.25) is 0 Å². The minimum absolute atomic E-state index is 0.304. The van der Waals surface area contributed by atoms with Crippen molar-refractivity contribution in [2.45, 2.75) is 27.3 Å². The second-order valence-corrected chi connectivity index (χ2v) is 6.57. The Morgan fingerprint density at radius 2 is 2.04 bits per heavy atom. The van der Waals surface area contributed by atoms with Crippen molar-refractivity contribution in [1.82, 2.24) is 15.0 Å². The molecule has 2 heterocycles. The topological polar surface area (TPSA) is 77.0 Å². The fourth-order valence-electron chi connectivity index (χ4n) is 2.46. The third-order valence-electron chi connectivity index (χ3n) is 3.77. The number of thiazole rings is 1. The lowest BCUT2D eigenvalue weighted by Crippen LogP contribution is -2.13. The van der Waals surface area contributed by atoms with Gasteiger partial charge in [-0.2, -0.15) is 0 Å². The number of carbonyl (C=O) groups is 1. The Bertz CT molecular complexity index is 923. The molecule has 0 aliphatic carbocycles. The summed E-state index contributed by atoms with van der Waals surface area (Å²) in [4.78, 5) is 25.2. The predicted octanol–water partition coefficient (Wildman–Crippen LogP) is 4.01. The highest BCUT2D eigenvalue weighted by Gasteiger charge is 2.15. The third kappa shape index (κ3) is 4.05. The van der Waals surface area contributed by atoms with E-state index >= 15 is 0 Å². The molecule has 134 valence electrons. The van der Waals surface area contributed by atoms with Crippen LogP contribution in [-0.4, -0.2) is 27.5 Å². The zero-order valence-electron chi connectivity index (χ0n) is 14.9. The first-order chi connectivity index (χ1) is 12.6. The largest absolute Gasteiger partial charge is 0.462 e. The number of nitrogens with zero attached hydrogens (tertiary/aromatic N) is 3. The van der Waals surface area contributed by atoms with Crippen LogP contribution in [0, 0.1) is 13.8 Å². The molecule has 6 nitrogen and oxygen atoms in total. The summed E-state index contributed by atoms with van der Waals surface area (Å²) in [6.45, 7) is 6.38. The maximum Gasteiger partial charge on any atom is 0.343 e. The van der Waals surface area contributed by atoms with Crippen LogP contribution < -0.4 is 5.32 Å². The Kier molecular flexibility index (Phi) is 5.58. The minimum atomic E-state index is -0.436. The maximum absolute atomic E-state index is 12.1. The van der Waals surface area contributed by atoms with Gasteiger partial charge in [0, 0.05) is 17.1 Å². The molecule has 0 radical (unpaired) electrons. The van der Waals surface area contributed by atoms with Crippen LogP contribution in [0.1, 0.15) is 34.4 Å². The summed E-state index contributed by atoms with van der Waals surface area (Å²) < 4.78 is 5.06. The van der Waals surface area contributed by atoms with Crippen molar-refractivity contribution in [2.24, 2.45) is 0 Å². The summed E-state index contributed by atoms with van der Waals surface area (Å²) >= 11 is 1.60. The lowest BCUT2D eigenvalue weighted by Gasteiger charge is -2.09. The van der Waals surface area contributed by atoms with Gasteiger partial charge in [-0.25, -0.2) is 19.7 Å². The van der Waals surface area contributed by atoms with Crippen LogP contribution in [-0.2, 0) is 11.3 Å². The summed E-state index contributed by atoms with van der Waals surface area (Å²) in [6, 6.07) is 8.17. The van der Waals surface area contributed by atoms with Crippen molar-refractivity contribution in [3.63, 3.8) is 0 Å². The molecule has 0 fully saturated rings. The summed E-state index contributed by atoms with van der Waals surface area (Å²) in [7, 11) is 0. The van der Waals surface area contributed by atoms with Gasteiger partial charge < -0.3 is 10.1 Å². The SMILES string of the molecule is CCOC(=O)c1cnc(C)nc1NCc1csc(-c2ccccc2C)n1. The quantitative estimate of drug-likeness (QED) is 0.663. The molecule has 1 N–H and O–H groups in total. The molecular formula is C19H20N4O2S. The van der Waals surface area contributed by atoms with E-state index in [1.54, 1.807) is 25.2 Å². The number of aromatic nitrogens is 3. The Balaban J connectivity index is 1.77. The van der Waals surface area contributed by atoms with Crippen LogP contribution >= 0.6 is 11.3 Å². The molecule has 1 aromatic carbocycles. The predicted molar refractivity (Wildman–Crippen MR) is 102 cm³/mol. The van der Waals surface area contributed by atoms with Gasteiger partial charge in [-0.1, -0.05) is 24.3 Å². The third-order valence-corrected chi connectivity index (χ3v) is 4.69. The molecule has 0 bridgehead atoms. The highest BCUT2D eigenvalue weighted by Crippen LogP contribution is 2.27. The van der Waals surface area contributed by atoms with E-state index in [1.165, 1.54) is 11.8 Å². The minimum Gasteiger partial charge on any atom is -0.462 e. The molecule has 7 heteroatoms. The van der Waals surface area contributed by atoms with Crippen LogP contribution in [0.2, 0.25) is 0 Å². The van der Waals surface area contributed by atoms with Crippen LogP contribution in [0.15, 0.2) is 35.8 Å². The number of esters is 1. The second kappa shape index (κ2) is 8.05. The molecule has 3 rings (SSSR count). The van der Waals surface area contributed by atoms with Gasteiger partial charge in [0.2, 0.25) is 0 Å². The summed E-state index contributed by atoms with van der Waals surface area (Å²) in [5.41, 5.74) is 3.54. The normalized spacial score (nSPS) is 10.6. The van der Waals surface area contributed by atoms with E-state index in [1.807, 2.05) is 17.5 Å². The average Bonchev–Trinajstić information content (AvgIpc) is 3.09. The molecule has 0 spiro atoms. The molecule has 2 aromatic heterocycles. The molecule has 0 aliphatic rings. The van der Waals surface area contributed by atoms with Crippen LogP contribution in [0.5, 0.6) is 0 Å². The monoisotopic (exact) mass is 368 g/mol. The molecule has 0 amide bonds. The maximum atomic E-state index is 12.1. The number of benzene rings is 1. The molecule has 0 aliphatic heterocycles. The van der Waals surface area contributed by atoms with Crippen molar-refractivity contribution < 1.29 is 9.53 Å². The van der Waals surface area contributed by atoms with E-state index in [-0.39, 0.29) is 0 Å². The zero-order valence-corrected chi connectivity index (χ0v) is 15.8. The van der Waals surface area contributed by atoms with E-state index in [9.17, 15) is 4.79 Å². The van der Waals surface area contributed by atoms with E-state index in [2.05, 4.69) is 39.3 Å². The molecule has 0 saturated carbocycles. The smallest absolute Gasteiger partial charge is 0.343 e. The Labute approximate surface area is 156 Å². The van der Waals surface area contributed by atoms with Crippen LogP contribution in [0.3, 0.4) is 0 Å². The molecule has 0 atom stereocenters. The number of anilines is 1. The van der Waals surface area contributed by atoms with Crippen molar-refractivity contribution >= 4 is 23.1 Å². The average molecular weight is 368 g/mol. The fourth-order valence-corrected chi connectivity index (χ4v) is 3.37. The first-order valence-corrected chi connectivity index (χ1v) is 9.21. The van der Waals surface area contributed by atoms with Gasteiger partial charge in [0.05, 0.1) is 18.8 Å². The number of hydrogen-bond acceptors (Lipinski definition) is 7. The lowest BCUT2D eigenvalue weighted by atomic mass is 10.1. The highest BCUT2D eigenvalue weighted by molar-refractivity contribution is 7.13. The van der Waals surface area contributed by atoms with Crippen molar-refractivity contribution in [2.75, 3.05) is 11.9 Å². The number of rotatable bonds is 6. The molecule has 0 saturated heterocycles. The molecule has 3 aromatic rings. The van der Waals surface area contributed by atoms with Gasteiger partial charge in [-0.05, 0) is 26.3 Å². The zero-order chi connectivity index (χ0) is 18.5. The molecule has 0 unspecified atom stereocenters. The first kappa shape index (κ1) is 18.0. The fraction of sp³-hybridized carbons (Fsp3) is 0.263. The van der Waals surface area contributed by atoms with Gasteiger partial charge in [0.25, 0.3) is 0 Å². The molecule has 26 heavy (non-hydrogen) atoms. The van der Waals surface area contributed by atoms with Crippen LogP contribution in [0.25, 0.3) is 10.6 Å². The Morgan fingerprint density at radius 1 is 1.23 bits per heavy atom.